The van der Waals surface area contributed by atoms with Crippen molar-refractivity contribution in [3.63, 3.8) is 0 Å². The molecule has 0 fully saturated rings. The number of hydrogen-bond acceptors (Lipinski definition) is 4. The predicted molar refractivity (Wildman–Crippen MR) is 112 cm³/mol. The summed E-state index contributed by atoms with van der Waals surface area (Å²) in [4.78, 5) is 4.75. The van der Waals surface area contributed by atoms with Gasteiger partial charge in [-0.05, 0) is 55.0 Å². The van der Waals surface area contributed by atoms with Crippen LogP contribution < -0.4 is 15.2 Å². The highest BCUT2D eigenvalue weighted by molar-refractivity contribution is 6.30. The summed E-state index contributed by atoms with van der Waals surface area (Å²) < 4.78 is 13.4. The van der Waals surface area contributed by atoms with Gasteiger partial charge in [-0.15, -0.1) is 0 Å². The van der Waals surface area contributed by atoms with E-state index in [1.807, 2.05) is 78.3 Å². The number of aromatic nitrogens is 2. The Morgan fingerprint density at radius 1 is 1.04 bits per heavy atom. The summed E-state index contributed by atoms with van der Waals surface area (Å²) in [6, 6.07) is 17.1. The van der Waals surface area contributed by atoms with Gasteiger partial charge in [0.1, 0.15) is 12.4 Å². The zero-order valence-electron chi connectivity index (χ0n) is 15.4. The summed E-state index contributed by atoms with van der Waals surface area (Å²) in [6.07, 6.45) is 3.90. The average molecular weight is 394 g/mol. The Balaban J connectivity index is 1.61. The Morgan fingerprint density at radius 2 is 1.86 bits per heavy atom. The molecule has 0 amide bonds. The van der Waals surface area contributed by atoms with Crippen LogP contribution in [0.25, 0.3) is 16.9 Å². The summed E-state index contributed by atoms with van der Waals surface area (Å²) in [6.45, 7) is 2.95. The minimum absolute atomic E-state index is 0.440. The van der Waals surface area contributed by atoms with Crippen molar-refractivity contribution in [1.29, 1.82) is 0 Å². The lowest BCUT2D eigenvalue weighted by Crippen LogP contribution is -1.97. The van der Waals surface area contributed by atoms with Crippen molar-refractivity contribution in [3.8, 4) is 22.8 Å². The van der Waals surface area contributed by atoms with Gasteiger partial charge < -0.3 is 19.6 Å². The number of nitrogen functional groups attached to an aromatic ring is 1. The first-order chi connectivity index (χ1) is 13.6. The van der Waals surface area contributed by atoms with Gasteiger partial charge in [0.05, 0.1) is 18.0 Å². The number of imidazole rings is 1. The molecule has 0 radical (unpaired) electrons. The molecule has 4 rings (SSSR count). The lowest BCUT2D eigenvalue weighted by molar-refractivity contribution is 0.308. The van der Waals surface area contributed by atoms with Crippen molar-refractivity contribution in [2.45, 2.75) is 13.5 Å². The van der Waals surface area contributed by atoms with Crippen LogP contribution in [-0.4, -0.2) is 16.0 Å². The quantitative estimate of drug-likeness (QED) is 0.456. The molecule has 0 atom stereocenters. The fraction of sp³-hybridized carbons (Fsp3) is 0.136. The molecule has 0 bridgehead atoms. The number of nitrogens with zero attached hydrogens (tertiary/aromatic N) is 2. The van der Waals surface area contributed by atoms with E-state index < -0.39 is 0 Å². The lowest BCUT2D eigenvalue weighted by atomic mass is 10.1. The van der Waals surface area contributed by atoms with Gasteiger partial charge in [-0.3, -0.25) is 0 Å². The third kappa shape index (κ3) is 3.75. The summed E-state index contributed by atoms with van der Waals surface area (Å²) in [5, 5.41) is 0.707. The first kappa shape index (κ1) is 18.2. The van der Waals surface area contributed by atoms with Crippen molar-refractivity contribution in [1.82, 2.24) is 9.38 Å². The van der Waals surface area contributed by atoms with Gasteiger partial charge in [0.25, 0.3) is 0 Å². The molecule has 28 heavy (non-hydrogen) atoms. The third-order valence-electron chi connectivity index (χ3n) is 4.36. The Kier molecular flexibility index (Phi) is 5.08. The van der Waals surface area contributed by atoms with E-state index >= 15 is 0 Å². The second-order valence-corrected chi connectivity index (χ2v) is 6.77. The molecule has 0 unspecified atom stereocenters. The summed E-state index contributed by atoms with van der Waals surface area (Å²) in [5.74, 6) is 1.39. The molecule has 142 valence electrons. The van der Waals surface area contributed by atoms with Gasteiger partial charge in [0.15, 0.2) is 11.4 Å². The summed E-state index contributed by atoms with van der Waals surface area (Å²) >= 11 is 5.94. The van der Waals surface area contributed by atoms with E-state index in [4.69, 9.17) is 31.8 Å². The minimum atomic E-state index is 0.440. The molecule has 0 saturated heterocycles. The molecule has 2 aromatic heterocycles. The normalized spacial score (nSPS) is 10.9. The number of benzene rings is 2. The van der Waals surface area contributed by atoms with E-state index in [2.05, 4.69) is 0 Å². The van der Waals surface area contributed by atoms with Gasteiger partial charge in [0.2, 0.25) is 0 Å². The Morgan fingerprint density at radius 3 is 2.61 bits per heavy atom. The lowest BCUT2D eigenvalue weighted by Gasteiger charge is -2.07. The molecule has 0 aliphatic heterocycles. The second-order valence-electron chi connectivity index (χ2n) is 6.33. The maximum atomic E-state index is 6.10. The van der Waals surface area contributed by atoms with Crippen LogP contribution in [0.5, 0.6) is 11.5 Å². The molecule has 0 aliphatic carbocycles. The molecule has 6 heteroatoms. The summed E-state index contributed by atoms with van der Waals surface area (Å²) in [5.41, 5.74) is 10.2. The highest BCUT2D eigenvalue weighted by atomic mass is 35.5. The van der Waals surface area contributed by atoms with Crippen molar-refractivity contribution in [3.05, 3.63) is 77.6 Å². The number of hydrogen-bond donors (Lipinski definition) is 1. The first-order valence-corrected chi connectivity index (χ1v) is 9.39. The molecular weight excluding hydrogens is 374 g/mol. The standard InChI is InChI=1S/C22H20ClN3O2/c1-2-27-20-10-7-16(12-18(20)24)19-13-26-11-3-4-21(22(26)25-19)28-14-15-5-8-17(23)9-6-15/h3-13H,2,14,24H2,1H3. The maximum Gasteiger partial charge on any atom is 0.180 e. The van der Waals surface area contributed by atoms with Gasteiger partial charge >= 0.3 is 0 Å². The largest absolute Gasteiger partial charge is 0.492 e. The van der Waals surface area contributed by atoms with Crippen LogP contribution in [0.2, 0.25) is 5.02 Å². The number of anilines is 1. The molecule has 0 spiro atoms. The van der Waals surface area contributed by atoms with Crippen LogP contribution in [0.1, 0.15) is 12.5 Å². The van der Waals surface area contributed by atoms with Crippen molar-refractivity contribution in [2.75, 3.05) is 12.3 Å². The molecule has 0 aliphatic rings. The van der Waals surface area contributed by atoms with Crippen LogP contribution in [-0.2, 0) is 6.61 Å². The number of ether oxygens (including phenoxy) is 2. The number of fused-ring (bicyclic) bond motifs is 1. The molecule has 2 heterocycles. The van der Waals surface area contributed by atoms with Crippen LogP contribution in [0, 0.1) is 0 Å². The highest BCUT2D eigenvalue weighted by Crippen LogP contribution is 2.30. The van der Waals surface area contributed by atoms with E-state index in [1.165, 1.54) is 0 Å². The topological polar surface area (TPSA) is 61.8 Å². The third-order valence-corrected chi connectivity index (χ3v) is 4.61. The fourth-order valence-electron chi connectivity index (χ4n) is 2.98. The van der Waals surface area contributed by atoms with E-state index in [-0.39, 0.29) is 0 Å². The van der Waals surface area contributed by atoms with E-state index in [0.29, 0.717) is 35.4 Å². The number of halogens is 1. The molecule has 4 aromatic rings. The molecule has 5 nitrogen and oxygen atoms in total. The average Bonchev–Trinajstić information content (AvgIpc) is 3.14. The van der Waals surface area contributed by atoms with E-state index in [9.17, 15) is 0 Å². The number of pyridine rings is 1. The summed E-state index contributed by atoms with van der Waals surface area (Å²) in [7, 11) is 0. The van der Waals surface area contributed by atoms with Gasteiger partial charge in [0, 0.05) is 23.0 Å². The Labute approximate surface area is 168 Å². The van der Waals surface area contributed by atoms with E-state index in [0.717, 1.165) is 22.5 Å². The number of nitrogens with two attached hydrogens (primary N) is 1. The molecule has 2 aromatic carbocycles. The minimum Gasteiger partial charge on any atom is -0.492 e. The Bertz CT molecular complexity index is 1110. The first-order valence-electron chi connectivity index (χ1n) is 9.01. The Hall–Kier alpha value is -3.18. The zero-order chi connectivity index (χ0) is 19.5. The second kappa shape index (κ2) is 7.82. The molecular formula is C22H20ClN3O2. The monoisotopic (exact) mass is 393 g/mol. The van der Waals surface area contributed by atoms with Gasteiger partial charge in [-0.1, -0.05) is 23.7 Å². The smallest absolute Gasteiger partial charge is 0.180 e. The predicted octanol–water partition coefficient (Wildman–Crippen LogP) is 5.21. The van der Waals surface area contributed by atoms with Gasteiger partial charge in [-0.25, -0.2) is 4.98 Å². The van der Waals surface area contributed by atoms with Crippen LogP contribution in [0.15, 0.2) is 67.0 Å². The van der Waals surface area contributed by atoms with Gasteiger partial charge in [-0.2, -0.15) is 0 Å². The maximum absolute atomic E-state index is 6.10. The fourth-order valence-corrected chi connectivity index (χ4v) is 3.10. The highest BCUT2D eigenvalue weighted by Gasteiger charge is 2.11. The SMILES string of the molecule is CCOc1ccc(-c2cn3cccc(OCc4ccc(Cl)cc4)c3n2)cc1N. The van der Waals surface area contributed by atoms with Crippen LogP contribution >= 0.6 is 11.6 Å². The van der Waals surface area contributed by atoms with Crippen molar-refractivity contribution in [2.24, 2.45) is 0 Å². The number of rotatable bonds is 6. The van der Waals surface area contributed by atoms with Crippen LogP contribution in [0.3, 0.4) is 0 Å². The van der Waals surface area contributed by atoms with E-state index in [1.54, 1.807) is 0 Å². The van der Waals surface area contributed by atoms with Crippen molar-refractivity contribution >= 4 is 22.9 Å². The molecule has 0 saturated carbocycles. The molecule has 2 N–H and O–H groups in total. The van der Waals surface area contributed by atoms with Crippen molar-refractivity contribution < 1.29 is 9.47 Å². The van der Waals surface area contributed by atoms with Crippen LogP contribution in [0.4, 0.5) is 5.69 Å². The zero-order valence-corrected chi connectivity index (χ0v) is 16.2.